The van der Waals surface area contributed by atoms with Gasteiger partial charge in [0.15, 0.2) is 0 Å². The van der Waals surface area contributed by atoms with E-state index in [1.807, 2.05) is 24.3 Å². The van der Waals surface area contributed by atoms with Crippen LogP contribution in [0.3, 0.4) is 0 Å². The van der Waals surface area contributed by atoms with Gasteiger partial charge in [-0.3, -0.25) is 9.69 Å². The Hall–Kier alpha value is -2.42. The Morgan fingerprint density at radius 2 is 1.69 bits per heavy atom. The molecule has 1 heterocycles. The number of methoxy groups -OCH3 is 1. The zero-order valence-electron chi connectivity index (χ0n) is 16.8. The van der Waals surface area contributed by atoms with Gasteiger partial charge in [-0.05, 0) is 36.8 Å². The van der Waals surface area contributed by atoms with Gasteiger partial charge >= 0.3 is 0 Å². The average molecular weight is 418 g/mol. The van der Waals surface area contributed by atoms with Gasteiger partial charge in [-0.15, -0.1) is 0 Å². The van der Waals surface area contributed by atoms with E-state index in [2.05, 4.69) is 10.2 Å². The Morgan fingerprint density at radius 3 is 2.31 bits per heavy atom. The number of carbonyl (C=O) groups is 1. The maximum absolute atomic E-state index is 12.5. The molecule has 156 valence electrons. The van der Waals surface area contributed by atoms with Crippen LogP contribution in [-0.2, 0) is 16.6 Å². The molecule has 8 heteroatoms. The second kappa shape index (κ2) is 9.39. The summed E-state index contributed by atoms with van der Waals surface area (Å²) >= 11 is 0. The number of ether oxygens (including phenoxy) is 1. The van der Waals surface area contributed by atoms with Crippen LogP contribution in [-0.4, -0.2) is 62.6 Å². The number of nitrogens with one attached hydrogen (secondary N) is 1. The quantitative estimate of drug-likeness (QED) is 0.749. The highest BCUT2D eigenvalue weighted by molar-refractivity contribution is 7.89. The fourth-order valence-electron chi connectivity index (χ4n) is 3.31. The number of sulfonamides is 1. The molecule has 1 aliphatic rings. The largest absolute Gasteiger partial charge is 0.495 e. The smallest absolute Gasteiger partial charge is 0.255 e. The summed E-state index contributed by atoms with van der Waals surface area (Å²) in [5.41, 5.74) is 2.29. The van der Waals surface area contributed by atoms with Crippen molar-refractivity contribution >= 4 is 21.6 Å². The molecule has 0 aliphatic carbocycles. The zero-order valence-corrected chi connectivity index (χ0v) is 17.6. The second-order valence-corrected chi connectivity index (χ2v) is 9.18. The number of carbonyl (C=O) groups excluding carboxylic acids is 1. The number of nitrogens with zero attached hydrogens (tertiary/aromatic N) is 2. The van der Waals surface area contributed by atoms with Gasteiger partial charge in [0.05, 0.1) is 18.6 Å². The SMILES string of the molecule is CCS(=O)(=O)N1CCN(Cc2ccc(C(=O)Nc3ccccc3OC)cc2)CC1. The van der Waals surface area contributed by atoms with Gasteiger partial charge in [0.1, 0.15) is 5.75 Å². The van der Waals surface area contributed by atoms with Crippen LogP contribution in [0.2, 0.25) is 0 Å². The van der Waals surface area contributed by atoms with E-state index in [4.69, 9.17) is 4.74 Å². The summed E-state index contributed by atoms with van der Waals surface area (Å²) in [4.78, 5) is 14.7. The summed E-state index contributed by atoms with van der Waals surface area (Å²) < 4.78 is 30.7. The maximum atomic E-state index is 12.5. The minimum atomic E-state index is -3.11. The van der Waals surface area contributed by atoms with Crippen LogP contribution in [0.25, 0.3) is 0 Å². The summed E-state index contributed by atoms with van der Waals surface area (Å²) in [5.74, 6) is 0.562. The summed E-state index contributed by atoms with van der Waals surface area (Å²) in [5, 5.41) is 2.87. The van der Waals surface area contributed by atoms with Gasteiger partial charge < -0.3 is 10.1 Å². The maximum Gasteiger partial charge on any atom is 0.255 e. The van der Waals surface area contributed by atoms with Gasteiger partial charge in [0.25, 0.3) is 5.91 Å². The van der Waals surface area contributed by atoms with Crippen LogP contribution in [0.1, 0.15) is 22.8 Å². The number of anilines is 1. The lowest BCUT2D eigenvalue weighted by atomic mass is 10.1. The normalized spacial score (nSPS) is 15.8. The number of amides is 1. The molecule has 29 heavy (non-hydrogen) atoms. The molecule has 1 saturated heterocycles. The molecular weight excluding hydrogens is 390 g/mol. The topological polar surface area (TPSA) is 79.0 Å². The fraction of sp³-hybridized carbons (Fsp3) is 0.381. The van der Waals surface area contributed by atoms with Crippen LogP contribution < -0.4 is 10.1 Å². The molecule has 0 atom stereocenters. The van der Waals surface area contributed by atoms with E-state index in [1.54, 1.807) is 42.6 Å². The molecule has 0 bridgehead atoms. The molecule has 0 radical (unpaired) electrons. The van der Waals surface area contributed by atoms with Crippen LogP contribution in [0.4, 0.5) is 5.69 Å². The van der Waals surface area contributed by atoms with E-state index in [9.17, 15) is 13.2 Å². The Bertz CT molecular complexity index is 937. The van der Waals surface area contributed by atoms with Crippen molar-refractivity contribution in [1.29, 1.82) is 0 Å². The monoisotopic (exact) mass is 417 g/mol. The summed E-state index contributed by atoms with van der Waals surface area (Å²) in [6.45, 7) is 4.86. The number of hydrogen-bond donors (Lipinski definition) is 1. The standard InChI is InChI=1S/C21H27N3O4S/c1-3-29(26,27)24-14-12-23(13-15-24)16-17-8-10-18(11-9-17)21(25)22-19-6-4-5-7-20(19)28-2/h4-11H,3,12-16H2,1-2H3,(H,22,25). The van der Waals surface area contributed by atoms with Crippen molar-refractivity contribution in [1.82, 2.24) is 9.21 Å². The van der Waals surface area contributed by atoms with Crippen LogP contribution in [0, 0.1) is 0 Å². The first kappa shape index (κ1) is 21.3. The lowest BCUT2D eigenvalue weighted by Crippen LogP contribution is -2.48. The minimum Gasteiger partial charge on any atom is -0.495 e. The molecule has 1 aliphatic heterocycles. The molecule has 1 amide bonds. The molecule has 3 rings (SSSR count). The molecule has 0 aromatic heterocycles. The van der Waals surface area contributed by atoms with Gasteiger partial charge in [0, 0.05) is 38.3 Å². The predicted octanol–water partition coefficient (Wildman–Crippen LogP) is 2.41. The van der Waals surface area contributed by atoms with Crippen molar-refractivity contribution < 1.29 is 17.9 Å². The molecule has 0 spiro atoms. The van der Waals surface area contributed by atoms with E-state index in [0.29, 0.717) is 43.2 Å². The summed E-state index contributed by atoms with van der Waals surface area (Å²) in [7, 11) is -1.54. The van der Waals surface area contributed by atoms with Crippen molar-refractivity contribution in [2.24, 2.45) is 0 Å². The number of hydrogen-bond acceptors (Lipinski definition) is 5. The first-order chi connectivity index (χ1) is 13.9. The number of benzene rings is 2. The highest BCUT2D eigenvalue weighted by atomic mass is 32.2. The average Bonchev–Trinajstić information content (AvgIpc) is 2.75. The third-order valence-corrected chi connectivity index (χ3v) is 6.95. The molecule has 0 saturated carbocycles. The molecule has 2 aromatic rings. The highest BCUT2D eigenvalue weighted by Gasteiger charge is 2.25. The van der Waals surface area contributed by atoms with E-state index in [-0.39, 0.29) is 11.7 Å². The van der Waals surface area contributed by atoms with Crippen molar-refractivity contribution in [3.05, 3.63) is 59.7 Å². The Balaban J connectivity index is 1.56. The van der Waals surface area contributed by atoms with Gasteiger partial charge in [-0.2, -0.15) is 4.31 Å². The first-order valence-corrected chi connectivity index (χ1v) is 11.3. The molecular formula is C21H27N3O4S. The van der Waals surface area contributed by atoms with E-state index in [0.717, 1.165) is 12.1 Å². The Kier molecular flexibility index (Phi) is 6.89. The molecule has 7 nitrogen and oxygen atoms in total. The number of para-hydroxylation sites is 2. The van der Waals surface area contributed by atoms with Crippen LogP contribution >= 0.6 is 0 Å². The minimum absolute atomic E-state index is 0.144. The van der Waals surface area contributed by atoms with Crippen molar-refractivity contribution in [2.45, 2.75) is 13.5 Å². The van der Waals surface area contributed by atoms with Gasteiger partial charge in [-0.25, -0.2) is 8.42 Å². The number of rotatable bonds is 7. The highest BCUT2D eigenvalue weighted by Crippen LogP contribution is 2.23. The van der Waals surface area contributed by atoms with Crippen LogP contribution in [0.15, 0.2) is 48.5 Å². The first-order valence-electron chi connectivity index (χ1n) is 9.66. The van der Waals surface area contributed by atoms with Crippen molar-refractivity contribution in [3.63, 3.8) is 0 Å². The van der Waals surface area contributed by atoms with Gasteiger partial charge in [-0.1, -0.05) is 24.3 Å². The van der Waals surface area contributed by atoms with Crippen molar-refractivity contribution in [2.75, 3.05) is 44.4 Å². The van der Waals surface area contributed by atoms with E-state index >= 15 is 0 Å². The van der Waals surface area contributed by atoms with Crippen molar-refractivity contribution in [3.8, 4) is 5.75 Å². The molecule has 0 unspecified atom stereocenters. The fourth-order valence-corrected chi connectivity index (χ4v) is 4.40. The van der Waals surface area contributed by atoms with E-state index < -0.39 is 10.0 Å². The third kappa shape index (κ3) is 5.35. The summed E-state index contributed by atoms with van der Waals surface area (Å²) in [6.07, 6.45) is 0. The molecule has 1 fully saturated rings. The Labute approximate surface area is 172 Å². The summed E-state index contributed by atoms with van der Waals surface area (Å²) in [6, 6.07) is 14.8. The van der Waals surface area contributed by atoms with Gasteiger partial charge in [0.2, 0.25) is 10.0 Å². The second-order valence-electron chi connectivity index (χ2n) is 6.93. The number of piperazine rings is 1. The predicted molar refractivity (Wildman–Crippen MR) is 114 cm³/mol. The lowest BCUT2D eigenvalue weighted by molar-refractivity contribution is 0.102. The Morgan fingerprint density at radius 1 is 1.03 bits per heavy atom. The third-order valence-electron chi connectivity index (χ3n) is 5.07. The van der Waals surface area contributed by atoms with Crippen LogP contribution in [0.5, 0.6) is 5.75 Å². The lowest BCUT2D eigenvalue weighted by Gasteiger charge is -2.33. The molecule has 1 N–H and O–H groups in total. The molecule has 2 aromatic carbocycles. The zero-order chi connectivity index (χ0) is 20.9. The van der Waals surface area contributed by atoms with E-state index in [1.165, 1.54) is 0 Å².